The molecule has 0 aliphatic rings. The number of aliphatic imine (C=N–C) groups is 1. The molecule has 8 heteroatoms. The molecule has 5 nitrogen and oxygen atoms in total. The van der Waals surface area contributed by atoms with Crippen molar-refractivity contribution in [1.82, 2.24) is 14.8 Å². The predicted molar refractivity (Wildman–Crippen MR) is 89.7 cm³/mol. The number of aromatic nitrogens is 1. The van der Waals surface area contributed by atoms with Crippen LogP contribution < -0.4 is 4.74 Å². The van der Waals surface area contributed by atoms with Gasteiger partial charge in [-0.25, -0.2) is 18.8 Å². The smallest absolute Gasteiger partial charge is 0.272 e. The second-order valence-electron chi connectivity index (χ2n) is 4.61. The Hall–Kier alpha value is -1.19. The summed E-state index contributed by atoms with van der Waals surface area (Å²) in [6, 6.07) is 3.40. The van der Waals surface area contributed by atoms with E-state index < -0.39 is 13.0 Å². The molecular weight excluding hydrogens is 393 g/mol. The van der Waals surface area contributed by atoms with E-state index in [0.29, 0.717) is 6.54 Å². The standard InChI is InChI=1S/C13H20F2N4O.HI/c1-18(2)13(19(3)4)17-8-10-5-6-16-12(7-10)20-9-11(14)15;/h5-7,11H,8-9H2,1-4H3;1H. The van der Waals surface area contributed by atoms with E-state index >= 15 is 0 Å². The molecule has 0 saturated heterocycles. The summed E-state index contributed by atoms with van der Waals surface area (Å²) >= 11 is 0. The monoisotopic (exact) mass is 414 g/mol. The molecule has 0 unspecified atom stereocenters. The third-order valence-electron chi connectivity index (χ3n) is 2.36. The van der Waals surface area contributed by atoms with Crippen molar-refractivity contribution in [2.45, 2.75) is 13.0 Å². The van der Waals surface area contributed by atoms with Crippen LogP contribution in [-0.4, -0.2) is 62.0 Å². The molecule has 0 aliphatic heterocycles. The van der Waals surface area contributed by atoms with Crippen LogP contribution in [0.2, 0.25) is 0 Å². The number of nitrogens with zero attached hydrogens (tertiary/aromatic N) is 4. The lowest BCUT2D eigenvalue weighted by molar-refractivity contribution is 0.0795. The van der Waals surface area contributed by atoms with Gasteiger partial charge in [0, 0.05) is 40.5 Å². The van der Waals surface area contributed by atoms with E-state index in [1.807, 2.05) is 38.0 Å². The van der Waals surface area contributed by atoms with Gasteiger partial charge in [-0.1, -0.05) is 0 Å². The zero-order valence-corrected chi connectivity index (χ0v) is 14.9. The van der Waals surface area contributed by atoms with Gasteiger partial charge in [0.1, 0.15) is 0 Å². The molecule has 1 heterocycles. The van der Waals surface area contributed by atoms with Gasteiger partial charge >= 0.3 is 0 Å². The van der Waals surface area contributed by atoms with Crippen LogP contribution >= 0.6 is 24.0 Å². The maximum Gasteiger partial charge on any atom is 0.272 e. The molecule has 1 aromatic rings. The lowest BCUT2D eigenvalue weighted by atomic mass is 10.3. The summed E-state index contributed by atoms with van der Waals surface area (Å²) in [4.78, 5) is 12.1. The largest absolute Gasteiger partial charge is 0.472 e. The van der Waals surface area contributed by atoms with Crippen LogP contribution in [0.25, 0.3) is 0 Å². The number of hydrogen-bond donors (Lipinski definition) is 0. The van der Waals surface area contributed by atoms with E-state index in [1.54, 1.807) is 12.1 Å². The van der Waals surface area contributed by atoms with Crippen LogP contribution in [0.4, 0.5) is 8.78 Å². The van der Waals surface area contributed by atoms with Crippen LogP contribution in [0.3, 0.4) is 0 Å². The lowest BCUT2D eigenvalue weighted by Crippen LogP contribution is -2.35. The van der Waals surface area contributed by atoms with Gasteiger partial charge in [0.05, 0.1) is 6.54 Å². The van der Waals surface area contributed by atoms with Gasteiger partial charge in [0.25, 0.3) is 6.43 Å². The molecule has 0 amide bonds. The minimum atomic E-state index is -2.51. The number of pyridine rings is 1. The van der Waals surface area contributed by atoms with Crippen LogP contribution in [-0.2, 0) is 6.54 Å². The number of ether oxygens (including phenoxy) is 1. The molecule has 0 atom stereocenters. The molecule has 0 bridgehead atoms. The Kier molecular flexibility index (Phi) is 9.14. The SMILES string of the molecule is CN(C)C(=NCc1ccnc(OCC(F)F)c1)N(C)C.I. The van der Waals surface area contributed by atoms with Crippen molar-refractivity contribution < 1.29 is 13.5 Å². The highest BCUT2D eigenvalue weighted by molar-refractivity contribution is 14.0. The molecule has 0 radical (unpaired) electrons. The fraction of sp³-hybridized carbons (Fsp3) is 0.538. The second-order valence-corrected chi connectivity index (χ2v) is 4.61. The average molecular weight is 414 g/mol. The topological polar surface area (TPSA) is 41.0 Å². The minimum absolute atomic E-state index is 0. The minimum Gasteiger partial charge on any atom is -0.472 e. The van der Waals surface area contributed by atoms with Gasteiger partial charge in [-0.05, 0) is 11.6 Å². The molecule has 0 fully saturated rings. The van der Waals surface area contributed by atoms with Crippen molar-refractivity contribution in [3.05, 3.63) is 23.9 Å². The molecule has 1 aromatic heterocycles. The highest BCUT2D eigenvalue weighted by atomic mass is 127. The molecule has 0 saturated carbocycles. The van der Waals surface area contributed by atoms with E-state index in [0.717, 1.165) is 11.5 Å². The van der Waals surface area contributed by atoms with Gasteiger partial charge in [-0.15, -0.1) is 24.0 Å². The molecule has 0 spiro atoms. The second kappa shape index (κ2) is 9.69. The number of guanidine groups is 1. The third-order valence-corrected chi connectivity index (χ3v) is 2.36. The van der Waals surface area contributed by atoms with Crippen molar-refractivity contribution in [1.29, 1.82) is 0 Å². The molecule has 0 N–H and O–H groups in total. The van der Waals surface area contributed by atoms with Crippen LogP contribution in [0.15, 0.2) is 23.3 Å². The summed E-state index contributed by atoms with van der Waals surface area (Å²) in [7, 11) is 7.62. The molecule has 21 heavy (non-hydrogen) atoms. The Bertz CT molecular complexity index is 446. The first kappa shape index (κ1) is 19.8. The summed E-state index contributed by atoms with van der Waals surface area (Å²) in [5, 5.41) is 0. The van der Waals surface area contributed by atoms with Crippen LogP contribution in [0.5, 0.6) is 5.88 Å². The van der Waals surface area contributed by atoms with Gasteiger partial charge in [-0.2, -0.15) is 0 Å². The van der Waals surface area contributed by atoms with E-state index in [9.17, 15) is 8.78 Å². The van der Waals surface area contributed by atoms with Crippen molar-refractivity contribution >= 4 is 29.9 Å². The third kappa shape index (κ3) is 7.39. The number of rotatable bonds is 5. The summed E-state index contributed by atoms with van der Waals surface area (Å²) < 4.78 is 29.0. The Labute approximate surface area is 141 Å². The van der Waals surface area contributed by atoms with Crippen molar-refractivity contribution in [3.63, 3.8) is 0 Å². The fourth-order valence-electron chi connectivity index (χ4n) is 1.62. The van der Waals surface area contributed by atoms with E-state index in [1.165, 1.54) is 6.20 Å². The van der Waals surface area contributed by atoms with Gasteiger partial charge in [-0.3, -0.25) is 0 Å². The highest BCUT2D eigenvalue weighted by Crippen LogP contribution is 2.11. The van der Waals surface area contributed by atoms with Crippen molar-refractivity contribution in [2.24, 2.45) is 4.99 Å². The quantitative estimate of drug-likeness (QED) is 0.422. The number of halogens is 3. The first-order chi connectivity index (χ1) is 9.40. The summed E-state index contributed by atoms with van der Waals surface area (Å²) in [5.41, 5.74) is 0.852. The zero-order chi connectivity index (χ0) is 15.1. The zero-order valence-electron chi connectivity index (χ0n) is 12.6. The summed E-state index contributed by atoms with van der Waals surface area (Å²) in [6.45, 7) is -0.223. The van der Waals surface area contributed by atoms with Gasteiger partial charge in [0.2, 0.25) is 5.88 Å². The van der Waals surface area contributed by atoms with Crippen molar-refractivity contribution in [3.8, 4) is 5.88 Å². The van der Waals surface area contributed by atoms with Crippen molar-refractivity contribution in [2.75, 3.05) is 34.8 Å². The molecule has 0 aliphatic carbocycles. The average Bonchev–Trinajstić information content (AvgIpc) is 2.36. The normalized spacial score (nSPS) is 9.86. The van der Waals surface area contributed by atoms with Gasteiger partial charge in [0.15, 0.2) is 12.6 Å². The fourth-order valence-corrected chi connectivity index (χ4v) is 1.62. The first-order valence-electron chi connectivity index (χ1n) is 6.15. The Morgan fingerprint density at radius 2 is 1.90 bits per heavy atom. The Morgan fingerprint density at radius 1 is 1.29 bits per heavy atom. The van der Waals surface area contributed by atoms with Gasteiger partial charge < -0.3 is 14.5 Å². The lowest BCUT2D eigenvalue weighted by Gasteiger charge is -2.22. The number of alkyl halides is 2. The van der Waals surface area contributed by atoms with Crippen LogP contribution in [0.1, 0.15) is 5.56 Å². The van der Waals surface area contributed by atoms with Crippen LogP contribution in [0, 0.1) is 0 Å². The molecular formula is C13H21F2IN4O. The first-order valence-corrected chi connectivity index (χ1v) is 6.15. The maximum atomic E-state index is 12.1. The van der Waals surface area contributed by atoms with E-state index in [-0.39, 0.29) is 29.9 Å². The molecule has 1 rings (SSSR count). The maximum absolute atomic E-state index is 12.1. The molecule has 0 aromatic carbocycles. The Morgan fingerprint density at radius 3 is 2.43 bits per heavy atom. The van der Waals surface area contributed by atoms with E-state index in [4.69, 9.17) is 4.74 Å². The summed E-state index contributed by atoms with van der Waals surface area (Å²) in [5.74, 6) is 1.01. The molecule has 120 valence electrons. The predicted octanol–water partition coefficient (Wildman–Crippen LogP) is 2.32. The Balaban J connectivity index is 0.00000400. The summed E-state index contributed by atoms with van der Waals surface area (Å²) in [6.07, 6.45) is -0.982. The highest BCUT2D eigenvalue weighted by Gasteiger charge is 2.06. The number of hydrogen-bond acceptors (Lipinski definition) is 3. The van der Waals surface area contributed by atoms with E-state index in [2.05, 4.69) is 9.98 Å².